The van der Waals surface area contributed by atoms with Gasteiger partial charge in [-0.3, -0.25) is 0 Å². The van der Waals surface area contributed by atoms with Crippen LogP contribution in [0, 0.1) is 0 Å². The summed E-state index contributed by atoms with van der Waals surface area (Å²) in [5, 5.41) is 0.927. The monoisotopic (exact) mass is 280 g/mol. The number of nitrogens with zero attached hydrogens (tertiary/aromatic N) is 3. The number of fused-ring (bicyclic) bond motifs is 1. The molecular weight excluding hydrogens is 264 g/mol. The van der Waals surface area contributed by atoms with E-state index in [0.717, 1.165) is 28.2 Å². The van der Waals surface area contributed by atoms with E-state index in [9.17, 15) is 0 Å². The van der Waals surface area contributed by atoms with Gasteiger partial charge in [0.2, 0.25) is 0 Å². The molecule has 0 saturated heterocycles. The van der Waals surface area contributed by atoms with E-state index in [0.29, 0.717) is 5.69 Å². The van der Waals surface area contributed by atoms with E-state index in [1.807, 2.05) is 54.4 Å². The molecule has 0 radical (unpaired) electrons. The first-order chi connectivity index (χ1) is 10.2. The number of methoxy groups -OCH3 is 1. The van der Waals surface area contributed by atoms with E-state index >= 15 is 0 Å². The van der Waals surface area contributed by atoms with Crippen LogP contribution in [0.25, 0.3) is 10.9 Å². The average Bonchev–Trinajstić information content (AvgIpc) is 2.53. The number of hydrogen-bond acceptors (Lipinski definition) is 5. The van der Waals surface area contributed by atoms with Crippen LogP contribution in [0.2, 0.25) is 0 Å². The zero-order valence-corrected chi connectivity index (χ0v) is 11.9. The number of hydrogen-bond donors (Lipinski definition) is 1. The van der Waals surface area contributed by atoms with E-state index in [1.54, 1.807) is 13.4 Å². The van der Waals surface area contributed by atoms with E-state index in [-0.39, 0.29) is 0 Å². The molecule has 0 spiro atoms. The molecule has 0 aliphatic rings. The topological polar surface area (TPSA) is 64.3 Å². The first kappa shape index (κ1) is 13.2. The molecule has 0 bridgehead atoms. The Morgan fingerprint density at radius 3 is 2.52 bits per heavy atom. The van der Waals surface area contributed by atoms with Crippen molar-refractivity contribution < 1.29 is 4.74 Å². The van der Waals surface area contributed by atoms with Gasteiger partial charge in [0.25, 0.3) is 0 Å². The highest BCUT2D eigenvalue weighted by Crippen LogP contribution is 2.30. The van der Waals surface area contributed by atoms with E-state index in [1.165, 1.54) is 0 Å². The molecule has 1 heterocycles. The van der Waals surface area contributed by atoms with Crippen LogP contribution in [0.4, 0.5) is 17.2 Å². The molecule has 0 aliphatic heterocycles. The van der Waals surface area contributed by atoms with Crippen LogP contribution in [0.1, 0.15) is 0 Å². The normalized spacial score (nSPS) is 10.6. The number of anilines is 3. The summed E-state index contributed by atoms with van der Waals surface area (Å²) >= 11 is 0. The Morgan fingerprint density at radius 1 is 1.05 bits per heavy atom. The first-order valence-corrected chi connectivity index (χ1v) is 6.57. The molecule has 0 amide bonds. The molecule has 0 fully saturated rings. The van der Waals surface area contributed by atoms with Gasteiger partial charge in [-0.05, 0) is 42.5 Å². The van der Waals surface area contributed by atoms with Crippen molar-refractivity contribution in [2.75, 3.05) is 24.8 Å². The van der Waals surface area contributed by atoms with Gasteiger partial charge in [-0.1, -0.05) is 0 Å². The minimum atomic E-state index is 0.696. The van der Waals surface area contributed by atoms with Gasteiger partial charge < -0.3 is 15.4 Å². The third-order valence-electron chi connectivity index (χ3n) is 3.42. The molecule has 5 heteroatoms. The van der Waals surface area contributed by atoms with E-state index in [2.05, 4.69) is 9.97 Å². The lowest BCUT2D eigenvalue weighted by Gasteiger charge is -2.20. The summed E-state index contributed by atoms with van der Waals surface area (Å²) in [6.07, 6.45) is 1.56. The highest BCUT2D eigenvalue weighted by molar-refractivity contribution is 5.93. The number of benzene rings is 2. The Labute approximate surface area is 123 Å². The van der Waals surface area contributed by atoms with Crippen LogP contribution < -0.4 is 15.4 Å². The van der Waals surface area contributed by atoms with Crippen molar-refractivity contribution in [1.29, 1.82) is 0 Å². The maximum Gasteiger partial charge on any atom is 0.144 e. The number of nitrogens with two attached hydrogens (primary N) is 1. The van der Waals surface area contributed by atoms with Crippen molar-refractivity contribution in [3.05, 3.63) is 48.8 Å². The number of nitrogen functional groups attached to an aromatic ring is 1. The van der Waals surface area contributed by atoms with Crippen molar-refractivity contribution >= 4 is 28.1 Å². The van der Waals surface area contributed by atoms with Crippen LogP contribution >= 0.6 is 0 Å². The van der Waals surface area contributed by atoms with Gasteiger partial charge in [0.1, 0.15) is 17.9 Å². The maximum atomic E-state index is 5.88. The quantitative estimate of drug-likeness (QED) is 0.747. The fourth-order valence-electron chi connectivity index (χ4n) is 2.26. The van der Waals surface area contributed by atoms with Crippen LogP contribution in [0.3, 0.4) is 0 Å². The summed E-state index contributed by atoms with van der Waals surface area (Å²) in [5.41, 5.74) is 8.46. The lowest BCUT2D eigenvalue weighted by Crippen LogP contribution is -2.12. The van der Waals surface area contributed by atoms with E-state index in [4.69, 9.17) is 10.5 Å². The van der Waals surface area contributed by atoms with Gasteiger partial charge in [0.15, 0.2) is 0 Å². The first-order valence-electron chi connectivity index (χ1n) is 6.57. The number of rotatable bonds is 3. The highest BCUT2D eigenvalue weighted by Gasteiger charge is 2.10. The van der Waals surface area contributed by atoms with Crippen molar-refractivity contribution in [1.82, 2.24) is 9.97 Å². The Kier molecular flexibility index (Phi) is 3.31. The second kappa shape index (κ2) is 5.28. The van der Waals surface area contributed by atoms with Gasteiger partial charge in [-0.2, -0.15) is 0 Å². The smallest absolute Gasteiger partial charge is 0.144 e. The minimum Gasteiger partial charge on any atom is -0.497 e. The largest absolute Gasteiger partial charge is 0.497 e. The fraction of sp³-hybridized carbons (Fsp3) is 0.125. The molecule has 3 rings (SSSR count). The predicted octanol–water partition coefficient (Wildman–Crippen LogP) is 2.99. The molecule has 2 N–H and O–H groups in total. The maximum absolute atomic E-state index is 5.88. The Hall–Kier alpha value is -2.82. The van der Waals surface area contributed by atoms with Gasteiger partial charge in [0.05, 0.1) is 12.6 Å². The molecule has 3 aromatic rings. The minimum absolute atomic E-state index is 0.696. The molecule has 0 atom stereocenters. The van der Waals surface area contributed by atoms with Crippen LogP contribution in [-0.4, -0.2) is 24.1 Å². The van der Waals surface area contributed by atoms with Gasteiger partial charge in [-0.25, -0.2) is 9.97 Å². The van der Waals surface area contributed by atoms with Crippen molar-refractivity contribution in [3.8, 4) is 5.75 Å². The Bertz CT molecular complexity index is 771. The summed E-state index contributed by atoms with van der Waals surface area (Å²) < 4.78 is 5.18. The third-order valence-corrected chi connectivity index (χ3v) is 3.42. The summed E-state index contributed by atoms with van der Waals surface area (Å²) in [4.78, 5) is 10.7. The van der Waals surface area contributed by atoms with Crippen LogP contribution in [0.15, 0.2) is 48.8 Å². The number of ether oxygens (including phenoxy) is 1. The molecule has 21 heavy (non-hydrogen) atoms. The second-order valence-corrected chi connectivity index (χ2v) is 4.73. The molecule has 0 unspecified atom stereocenters. The Morgan fingerprint density at radius 2 is 1.81 bits per heavy atom. The average molecular weight is 280 g/mol. The van der Waals surface area contributed by atoms with Crippen molar-refractivity contribution in [2.45, 2.75) is 0 Å². The van der Waals surface area contributed by atoms with Crippen molar-refractivity contribution in [3.63, 3.8) is 0 Å². The predicted molar refractivity (Wildman–Crippen MR) is 85.0 cm³/mol. The molecule has 1 aromatic heterocycles. The van der Waals surface area contributed by atoms with Gasteiger partial charge >= 0.3 is 0 Å². The summed E-state index contributed by atoms with van der Waals surface area (Å²) in [6, 6.07) is 13.4. The standard InChI is InChI=1S/C16H16N4O/c1-20(12-4-6-13(21-2)7-5-12)16-14-9-11(17)3-8-15(14)18-10-19-16/h3-10H,17H2,1-2H3. The van der Waals surface area contributed by atoms with Crippen LogP contribution in [0.5, 0.6) is 5.75 Å². The lowest BCUT2D eigenvalue weighted by atomic mass is 10.2. The zero-order valence-electron chi connectivity index (χ0n) is 11.9. The molecule has 106 valence electrons. The third kappa shape index (κ3) is 2.45. The molecule has 2 aromatic carbocycles. The summed E-state index contributed by atoms with van der Waals surface area (Å²) in [5.74, 6) is 1.64. The lowest BCUT2D eigenvalue weighted by molar-refractivity contribution is 0.415. The molecule has 0 aliphatic carbocycles. The summed E-state index contributed by atoms with van der Waals surface area (Å²) in [7, 11) is 3.62. The Balaban J connectivity index is 2.08. The van der Waals surface area contributed by atoms with Gasteiger partial charge in [0, 0.05) is 23.8 Å². The molecule has 5 nitrogen and oxygen atoms in total. The number of aromatic nitrogens is 2. The highest BCUT2D eigenvalue weighted by atomic mass is 16.5. The second-order valence-electron chi connectivity index (χ2n) is 4.73. The fourth-order valence-corrected chi connectivity index (χ4v) is 2.26. The van der Waals surface area contributed by atoms with Crippen molar-refractivity contribution in [2.24, 2.45) is 0 Å². The molecular formula is C16H16N4O. The van der Waals surface area contributed by atoms with Crippen LogP contribution in [-0.2, 0) is 0 Å². The van der Waals surface area contributed by atoms with Gasteiger partial charge in [-0.15, -0.1) is 0 Å². The SMILES string of the molecule is COc1ccc(N(C)c2ncnc3ccc(N)cc23)cc1. The van der Waals surface area contributed by atoms with E-state index < -0.39 is 0 Å². The summed E-state index contributed by atoms with van der Waals surface area (Å²) in [6.45, 7) is 0. The molecule has 0 saturated carbocycles. The zero-order chi connectivity index (χ0) is 14.8.